The van der Waals surface area contributed by atoms with E-state index in [4.69, 9.17) is 10.5 Å². The van der Waals surface area contributed by atoms with E-state index < -0.39 is 35.7 Å². The highest BCUT2D eigenvalue weighted by atomic mass is 16.6. The predicted octanol–water partition coefficient (Wildman–Crippen LogP) is -1.30. The Morgan fingerprint density at radius 3 is 2.92 bits per heavy atom. The Balaban J connectivity index is 2.20. The van der Waals surface area contributed by atoms with Gasteiger partial charge in [0.1, 0.15) is 12.2 Å². The van der Waals surface area contributed by atoms with E-state index in [9.17, 15) is 20.1 Å². The minimum Gasteiger partial charge on any atom is -0.391 e. The van der Waals surface area contributed by atoms with Gasteiger partial charge in [-0.15, -0.1) is 5.92 Å². The second kappa shape index (κ2) is 5.61. The van der Waals surface area contributed by atoms with Crippen molar-refractivity contribution in [1.82, 2.24) is 14.5 Å². The molecule has 1 saturated heterocycles. The Morgan fingerprint density at radius 2 is 2.29 bits per heavy atom. The van der Waals surface area contributed by atoms with E-state index in [-0.39, 0.29) is 17.0 Å². The van der Waals surface area contributed by atoms with Crippen molar-refractivity contribution in [1.29, 1.82) is 0 Å². The van der Waals surface area contributed by atoms with Crippen LogP contribution >= 0.6 is 0 Å². The lowest BCUT2D eigenvalue weighted by Gasteiger charge is -2.26. The van der Waals surface area contributed by atoms with Crippen LogP contribution in [0.5, 0.6) is 0 Å². The molecule has 3 heterocycles. The first-order valence-electron chi connectivity index (χ1n) is 7.33. The van der Waals surface area contributed by atoms with Crippen molar-refractivity contribution in [3.05, 3.63) is 22.6 Å². The lowest BCUT2D eigenvalue weighted by Crippen LogP contribution is -2.47. The number of nitrogen functional groups attached to an aromatic ring is 1. The smallest absolute Gasteiger partial charge is 0.261 e. The third-order valence-corrected chi connectivity index (χ3v) is 4.08. The highest BCUT2D eigenvalue weighted by Crippen LogP contribution is 2.40. The molecule has 1 fully saturated rings. The number of fused-ring (bicyclic) bond motifs is 1. The van der Waals surface area contributed by atoms with Gasteiger partial charge in [-0.2, -0.15) is 4.98 Å². The molecule has 1 aliphatic heterocycles. The summed E-state index contributed by atoms with van der Waals surface area (Å²) in [6.07, 6.45) is -3.25. The highest BCUT2D eigenvalue weighted by molar-refractivity contribution is 5.76. The zero-order valence-electron chi connectivity index (χ0n) is 13.1. The molecule has 0 spiro atoms. The highest BCUT2D eigenvalue weighted by Gasteiger charge is 2.57. The summed E-state index contributed by atoms with van der Waals surface area (Å²) < 4.78 is 7.02. The van der Waals surface area contributed by atoms with Crippen LogP contribution in [0, 0.1) is 11.8 Å². The molecule has 128 valence electrons. The van der Waals surface area contributed by atoms with Crippen LogP contribution in [0.25, 0.3) is 11.0 Å². The van der Waals surface area contributed by atoms with E-state index in [1.165, 1.54) is 30.7 Å². The molecule has 3 rings (SSSR count). The number of hydrogen-bond donors (Lipinski definition) is 5. The predicted molar refractivity (Wildman–Crippen MR) is 84.8 cm³/mol. The summed E-state index contributed by atoms with van der Waals surface area (Å²) in [6.45, 7) is 2.94. The van der Waals surface area contributed by atoms with Gasteiger partial charge in [0.15, 0.2) is 17.5 Å². The molecule has 1 unspecified atom stereocenters. The van der Waals surface area contributed by atoms with Crippen molar-refractivity contribution < 1.29 is 20.1 Å². The monoisotopic (exact) mass is 334 g/mol. The van der Waals surface area contributed by atoms with Gasteiger partial charge in [-0.25, -0.2) is 0 Å². The minimum atomic E-state index is -1.98. The third-order valence-electron chi connectivity index (χ3n) is 4.08. The van der Waals surface area contributed by atoms with Gasteiger partial charge in [0.05, 0.1) is 11.5 Å². The summed E-state index contributed by atoms with van der Waals surface area (Å²) in [5, 5.41) is 31.3. The van der Waals surface area contributed by atoms with Gasteiger partial charge in [-0.05, 0) is 19.9 Å². The lowest BCUT2D eigenvalue weighted by atomic mass is 9.93. The fraction of sp³-hybridized carbons (Fsp3) is 0.467. The largest absolute Gasteiger partial charge is 0.391 e. The van der Waals surface area contributed by atoms with E-state index in [2.05, 4.69) is 21.8 Å². The number of aromatic nitrogens is 3. The summed E-state index contributed by atoms with van der Waals surface area (Å²) >= 11 is 0. The van der Waals surface area contributed by atoms with Crippen LogP contribution in [0.4, 0.5) is 5.95 Å². The number of nitrogens with one attached hydrogen (secondary N) is 1. The van der Waals surface area contributed by atoms with Gasteiger partial charge in [0.2, 0.25) is 5.95 Å². The maximum absolute atomic E-state index is 11.9. The number of aliphatic hydroxyl groups excluding tert-OH is 2. The Bertz CT molecular complexity index is 893. The maximum atomic E-state index is 11.9. The fourth-order valence-corrected chi connectivity index (χ4v) is 2.96. The number of rotatable bonds is 2. The zero-order valence-corrected chi connectivity index (χ0v) is 13.1. The number of anilines is 1. The molecule has 5 atom stereocenters. The van der Waals surface area contributed by atoms with Crippen LogP contribution in [0.1, 0.15) is 20.1 Å². The molecule has 0 amide bonds. The second-order valence-corrected chi connectivity index (χ2v) is 5.75. The van der Waals surface area contributed by atoms with Crippen LogP contribution in [0.2, 0.25) is 0 Å². The molecule has 9 nitrogen and oxygen atoms in total. The van der Waals surface area contributed by atoms with E-state index in [0.717, 1.165) is 0 Å². The molecule has 2 aromatic heterocycles. The molecule has 9 heteroatoms. The van der Waals surface area contributed by atoms with Gasteiger partial charge in [0.25, 0.3) is 5.56 Å². The number of ether oxygens (including phenoxy) is 1. The third kappa shape index (κ3) is 2.28. The first-order chi connectivity index (χ1) is 11.3. The maximum Gasteiger partial charge on any atom is 0.261 e. The first kappa shape index (κ1) is 16.5. The minimum absolute atomic E-state index is 0.0943. The number of H-pyrrole nitrogens is 1. The average molecular weight is 334 g/mol. The summed E-state index contributed by atoms with van der Waals surface area (Å²) in [4.78, 5) is 18.4. The lowest BCUT2D eigenvalue weighted by molar-refractivity contribution is -0.0845. The Kier molecular flexibility index (Phi) is 3.85. The van der Waals surface area contributed by atoms with Crippen molar-refractivity contribution in [2.75, 3.05) is 5.73 Å². The Hall–Kier alpha value is -2.38. The van der Waals surface area contributed by atoms with Gasteiger partial charge in [-0.1, -0.05) is 5.92 Å². The summed E-state index contributed by atoms with van der Waals surface area (Å²) in [7, 11) is 0. The number of nitrogens with zero attached hydrogens (tertiary/aromatic N) is 2. The number of hydrogen-bond acceptors (Lipinski definition) is 7. The van der Waals surface area contributed by atoms with Crippen molar-refractivity contribution in [2.45, 2.75) is 44.0 Å². The molecule has 2 aromatic rings. The van der Waals surface area contributed by atoms with Crippen molar-refractivity contribution in [3.8, 4) is 11.8 Å². The standard InChI is InChI=1S/C15H18N4O5/c1-3-5-15(23)10(21)9(7(2)20)24-13(15)19-6-4-8-11(19)17-14(16)18-12(8)22/h4,6-7,9-10,13,20-21,23H,1-2H3,(H3,16,17,18,22)/t7-,9+,10?,13+,15+/m0/s1. The van der Waals surface area contributed by atoms with E-state index in [1.54, 1.807) is 0 Å². The number of aliphatic hydroxyl groups is 3. The van der Waals surface area contributed by atoms with Crippen LogP contribution < -0.4 is 11.3 Å². The van der Waals surface area contributed by atoms with E-state index in [1.807, 2.05) is 0 Å². The van der Waals surface area contributed by atoms with Gasteiger partial charge in [-0.3, -0.25) is 9.78 Å². The van der Waals surface area contributed by atoms with Crippen LogP contribution in [0.15, 0.2) is 17.1 Å². The van der Waals surface area contributed by atoms with E-state index in [0.29, 0.717) is 0 Å². The first-order valence-corrected chi connectivity index (χ1v) is 7.33. The van der Waals surface area contributed by atoms with Crippen LogP contribution in [-0.4, -0.2) is 53.8 Å². The molecular weight excluding hydrogens is 316 g/mol. The van der Waals surface area contributed by atoms with Crippen molar-refractivity contribution in [3.63, 3.8) is 0 Å². The molecule has 0 aromatic carbocycles. The van der Waals surface area contributed by atoms with Crippen molar-refractivity contribution in [2.24, 2.45) is 0 Å². The summed E-state index contributed by atoms with van der Waals surface area (Å²) in [6, 6.07) is 1.49. The number of nitrogens with two attached hydrogens (primary N) is 1. The Labute approximate surface area is 136 Å². The molecule has 6 N–H and O–H groups in total. The molecule has 1 aliphatic rings. The van der Waals surface area contributed by atoms with Gasteiger partial charge < -0.3 is 30.4 Å². The molecule has 24 heavy (non-hydrogen) atoms. The Morgan fingerprint density at radius 1 is 1.58 bits per heavy atom. The number of aromatic amines is 1. The summed E-state index contributed by atoms with van der Waals surface area (Å²) in [5.41, 5.74) is 3.33. The normalized spacial score (nSPS) is 31.0. The molecule has 0 bridgehead atoms. The van der Waals surface area contributed by atoms with Gasteiger partial charge in [0, 0.05) is 6.20 Å². The quantitative estimate of drug-likeness (QED) is 0.429. The average Bonchev–Trinajstić information content (AvgIpc) is 3.00. The topological polar surface area (TPSA) is 147 Å². The van der Waals surface area contributed by atoms with Crippen molar-refractivity contribution >= 4 is 17.0 Å². The SMILES string of the molecule is CC#C[C@@]1(O)C(O)[C@@H]([C@H](C)O)O[C@H]1n1ccc2c(=O)[nH]c(N)nc21. The molecule has 0 saturated carbocycles. The second-order valence-electron chi connectivity index (χ2n) is 5.75. The molecule has 0 aliphatic carbocycles. The molecular formula is C15H18N4O5. The molecule has 0 radical (unpaired) electrons. The van der Waals surface area contributed by atoms with Crippen LogP contribution in [-0.2, 0) is 4.74 Å². The fourth-order valence-electron chi connectivity index (χ4n) is 2.96. The van der Waals surface area contributed by atoms with Gasteiger partial charge >= 0.3 is 0 Å². The van der Waals surface area contributed by atoms with E-state index >= 15 is 0 Å². The zero-order chi connectivity index (χ0) is 17.6. The van der Waals surface area contributed by atoms with Crippen LogP contribution in [0.3, 0.4) is 0 Å². The summed E-state index contributed by atoms with van der Waals surface area (Å²) in [5.74, 6) is 5.00.